The minimum Gasteiger partial charge on any atom is -0.399 e. The molecule has 0 saturated carbocycles. The van der Waals surface area contributed by atoms with Gasteiger partial charge in [0.05, 0.1) is 4.90 Å². The maximum Gasteiger partial charge on any atom is 0.241 e. The van der Waals surface area contributed by atoms with Gasteiger partial charge in [0.2, 0.25) is 10.0 Å². The van der Waals surface area contributed by atoms with E-state index in [0.29, 0.717) is 11.3 Å². The van der Waals surface area contributed by atoms with Crippen LogP contribution in [0.3, 0.4) is 0 Å². The van der Waals surface area contributed by atoms with Crippen molar-refractivity contribution in [3.63, 3.8) is 0 Å². The normalized spacial score (nSPS) is 13.5. The molecule has 0 radical (unpaired) electrons. The number of aryl methyl sites for hydroxylation is 1. The molecular weight excluding hydrogens is 268 g/mol. The fourth-order valence-corrected chi connectivity index (χ4v) is 4.05. The van der Waals surface area contributed by atoms with Crippen LogP contribution in [0, 0.1) is 6.92 Å². The molecule has 102 valence electrons. The highest BCUT2D eigenvalue weighted by Crippen LogP contribution is 2.19. The monoisotopic (exact) mass is 288 g/mol. The van der Waals surface area contributed by atoms with Crippen LogP contribution < -0.4 is 10.5 Å². The van der Waals surface area contributed by atoms with Crippen LogP contribution in [0.25, 0.3) is 0 Å². The van der Waals surface area contributed by atoms with Gasteiger partial charge in [-0.05, 0) is 37.3 Å². The summed E-state index contributed by atoms with van der Waals surface area (Å²) in [5.74, 6) is 0.761. The number of hydrogen-bond acceptors (Lipinski definition) is 4. The maximum absolute atomic E-state index is 12.3. The quantitative estimate of drug-likeness (QED) is 0.785. The van der Waals surface area contributed by atoms with Gasteiger partial charge in [-0.2, -0.15) is 11.8 Å². The minimum atomic E-state index is -3.49. The summed E-state index contributed by atoms with van der Waals surface area (Å²) in [6.45, 7) is 3.74. The van der Waals surface area contributed by atoms with Gasteiger partial charge >= 0.3 is 0 Å². The molecule has 3 N–H and O–H groups in total. The number of thioether (sulfide) groups is 1. The molecule has 0 heterocycles. The molecule has 1 aromatic rings. The average molecular weight is 288 g/mol. The van der Waals surface area contributed by atoms with Crippen molar-refractivity contribution < 1.29 is 8.42 Å². The van der Waals surface area contributed by atoms with E-state index in [1.54, 1.807) is 30.8 Å². The molecule has 1 aromatic carbocycles. The summed E-state index contributed by atoms with van der Waals surface area (Å²) in [5, 5.41) is 0. The topological polar surface area (TPSA) is 72.2 Å². The third-order valence-corrected chi connectivity index (χ3v) is 5.08. The molecule has 0 aliphatic carbocycles. The summed E-state index contributed by atoms with van der Waals surface area (Å²) in [4.78, 5) is 0.266. The van der Waals surface area contributed by atoms with Crippen LogP contribution >= 0.6 is 11.8 Å². The van der Waals surface area contributed by atoms with Crippen LogP contribution in [0.5, 0.6) is 0 Å². The largest absolute Gasteiger partial charge is 0.399 e. The number of nitrogens with one attached hydrogen (secondary N) is 1. The highest BCUT2D eigenvalue weighted by atomic mass is 32.2. The number of hydrogen-bond donors (Lipinski definition) is 2. The predicted octanol–water partition coefficient (Wildman–Crippen LogP) is 2.00. The van der Waals surface area contributed by atoms with E-state index >= 15 is 0 Å². The van der Waals surface area contributed by atoms with Crippen LogP contribution in [0.4, 0.5) is 5.69 Å². The summed E-state index contributed by atoms with van der Waals surface area (Å²) in [6.07, 6.45) is 2.73. The molecule has 0 aliphatic heterocycles. The van der Waals surface area contributed by atoms with Crippen LogP contribution in [0.15, 0.2) is 23.1 Å². The van der Waals surface area contributed by atoms with E-state index < -0.39 is 10.0 Å². The van der Waals surface area contributed by atoms with Crippen LogP contribution in [0.1, 0.15) is 18.9 Å². The summed E-state index contributed by atoms with van der Waals surface area (Å²) in [7, 11) is -3.49. The molecule has 1 unspecified atom stereocenters. The van der Waals surface area contributed by atoms with Crippen LogP contribution in [-0.4, -0.2) is 26.5 Å². The van der Waals surface area contributed by atoms with E-state index in [2.05, 4.69) is 4.72 Å². The third-order valence-electron chi connectivity index (χ3n) is 2.68. The highest BCUT2D eigenvalue weighted by molar-refractivity contribution is 7.98. The van der Waals surface area contributed by atoms with Gasteiger partial charge in [-0.1, -0.05) is 13.0 Å². The second-order valence-corrected chi connectivity index (χ2v) is 6.80. The summed E-state index contributed by atoms with van der Waals surface area (Å²) in [6, 6.07) is 4.88. The Morgan fingerprint density at radius 2 is 2.11 bits per heavy atom. The van der Waals surface area contributed by atoms with Crippen molar-refractivity contribution in [3.8, 4) is 0 Å². The molecule has 0 amide bonds. The van der Waals surface area contributed by atoms with E-state index in [4.69, 9.17) is 5.73 Å². The van der Waals surface area contributed by atoms with Gasteiger partial charge in [0.25, 0.3) is 0 Å². The Hall–Kier alpha value is -0.720. The highest BCUT2D eigenvalue weighted by Gasteiger charge is 2.20. The van der Waals surface area contributed by atoms with Gasteiger partial charge in [-0.25, -0.2) is 13.1 Å². The fourth-order valence-electron chi connectivity index (χ4n) is 1.63. The molecule has 0 saturated heterocycles. The molecule has 0 aromatic heterocycles. The fraction of sp³-hybridized carbons (Fsp3) is 0.500. The lowest BCUT2D eigenvalue weighted by Crippen LogP contribution is -2.36. The zero-order valence-corrected chi connectivity index (χ0v) is 12.6. The third kappa shape index (κ3) is 3.90. The second-order valence-electron chi connectivity index (χ2n) is 4.21. The molecule has 0 aliphatic rings. The van der Waals surface area contributed by atoms with Crippen molar-refractivity contribution in [2.45, 2.75) is 31.2 Å². The average Bonchev–Trinajstić information content (AvgIpc) is 2.31. The van der Waals surface area contributed by atoms with Crippen molar-refractivity contribution in [1.82, 2.24) is 4.72 Å². The number of sulfonamides is 1. The zero-order chi connectivity index (χ0) is 13.8. The first-order chi connectivity index (χ1) is 8.40. The van der Waals surface area contributed by atoms with Gasteiger partial charge < -0.3 is 5.73 Å². The molecule has 1 atom stereocenters. The zero-order valence-electron chi connectivity index (χ0n) is 10.9. The Bertz CT molecular complexity index is 501. The Morgan fingerprint density at radius 3 is 2.67 bits per heavy atom. The molecule has 6 heteroatoms. The van der Waals surface area contributed by atoms with E-state index in [1.807, 2.05) is 13.2 Å². The second kappa shape index (κ2) is 6.45. The van der Waals surface area contributed by atoms with Crippen LogP contribution in [0.2, 0.25) is 0 Å². The first-order valence-corrected chi connectivity index (χ1v) is 8.65. The molecular formula is C12H20N2O2S2. The van der Waals surface area contributed by atoms with E-state index in [0.717, 1.165) is 12.2 Å². The number of nitrogen functional groups attached to an aromatic ring is 1. The van der Waals surface area contributed by atoms with Gasteiger partial charge in [0.1, 0.15) is 0 Å². The molecule has 0 fully saturated rings. The van der Waals surface area contributed by atoms with Crippen LogP contribution in [-0.2, 0) is 10.0 Å². The Labute approximate surface area is 113 Å². The van der Waals surface area contributed by atoms with Crippen molar-refractivity contribution in [1.29, 1.82) is 0 Å². The van der Waals surface area contributed by atoms with Gasteiger partial charge in [-0.15, -0.1) is 0 Å². The summed E-state index contributed by atoms with van der Waals surface area (Å²) >= 11 is 1.63. The molecule has 4 nitrogen and oxygen atoms in total. The first-order valence-electron chi connectivity index (χ1n) is 5.78. The standard InChI is InChI=1S/C12H20N2O2S2/c1-4-11(8-17-3)14-18(15,16)12-7-10(13)6-5-9(12)2/h5-7,11,14H,4,8,13H2,1-3H3. The van der Waals surface area contributed by atoms with Crippen molar-refractivity contribution in [2.24, 2.45) is 0 Å². The number of rotatable bonds is 6. The molecule has 18 heavy (non-hydrogen) atoms. The first kappa shape index (κ1) is 15.3. The Kier molecular flexibility index (Phi) is 5.49. The van der Waals surface area contributed by atoms with E-state index in [1.165, 1.54) is 6.07 Å². The summed E-state index contributed by atoms with van der Waals surface area (Å²) in [5.41, 5.74) is 6.81. The Balaban J connectivity index is 3.02. The van der Waals surface area contributed by atoms with Crippen molar-refractivity contribution in [3.05, 3.63) is 23.8 Å². The number of anilines is 1. The van der Waals surface area contributed by atoms with Gasteiger partial charge in [-0.3, -0.25) is 0 Å². The smallest absolute Gasteiger partial charge is 0.241 e. The number of benzene rings is 1. The minimum absolute atomic E-state index is 0.0502. The maximum atomic E-state index is 12.3. The van der Waals surface area contributed by atoms with Gasteiger partial charge in [0, 0.05) is 17.5 Å². The van der Waals surface area contributed by atoms with E-state index in [9.17, 15) is 8.42 Å². The predicted molar refractivity (Wildman–Crippen MR) is 78.4 cm³/mol. The lowest BCUT2D eigenvalue weighted by molar-refractivity contribution is 0.557. The van der Waals surface area contributed by atoms with Crippen molar-refractivity contribution in [2.75, 3.05) is 17.7 Å². The Morgan fingerprint density at radius 1 is 1.44 bits per heavy atom. The number of nitrogens with two attached hydrogens (primary N) is 1. The summed E-state index contributed by atoms with van der Waals surface area (Å²) < 4.78 is 27.3. The lowest BCUT2D eigenvalue weighted by atomic mass is 10.2. The molecule has 1 rings (SSSR count). The van der Waals surface area contributed by atoms with E-state index in [-0.39, 0.29) is 10.9 Å². The molecule has 0 bridgehead atoms. The molecule has 0 spiro atoms. The van der Waals surface area contributed by atoms with Crippen molar-refractivity contribution >= 4 is 27.5 Å². The lowest BCUT2D eigenvalue weighted by Gasteiger charge is -2.17. The SMILES string of the molecule is CCC(CSC)NS(=O)(=O)c1cc(N)ccc1C. The van der Waals surface area contributed by atoms with Gasteiger partial charge in [0.15, 0.2) is 0 Å².